The minimum atomic E-state index is -3.94. The molecule has 2 atom stereocenters. The normalized spacial score (nSPS) is 13.7. The van der Waals surface area contributed by atoms with Gasteiger partial charge < -0.3 is 16.2 Å². The molecule has 0 heterocycles. The van der Waals surface area contributed by atoms with E-state index < -0.39 is 39.9 Å². The lowest BCUT2D eigenvalue weighted by molar-refractivity contribution is -0.142. The van der Waals surface area contributed by atoms with Gasteiger partial charge in [-0.3, -0.25) is 9.59 Å². The maximum atomic E-state index is 12.2. The summed E-state index contributed by atoms with van der Waals surface area (Å²) in [5, 5.41) is 11.2. The predicted octanol–water partition coefficient (Wildman–Crippen LogP) is -0.503. The molecular weight excluding hydrogens is 350 g/mol. The van der Waals surface area contributed by atoms with Gasteiger partial charge in [-0.2, -0.15) is 4.72 Å². The van der Waals surface area contributed by atoms with E-state index in [1.165, 1.54) is 19.1 Å². The number of carbonyl (C=O) groups is 3. The van der Waals surface area contributed by atoms with Gasteiger partial charge in [0.1, 0.15) is 6.04 Å². The highest BCUT2D eigenvalue weighted by molar-refractivity contribution is 7.89. The summed E-state index contributed by atoms with van der Waals surface area (Å²) in [4.78, 5) is 33.9. The Labute approximate surface area is 145 Å². The zero-order valence-corrected chi connectivity index (χ0v) is 14.7. The smallest absolute Gasteiger partial charge is 0.326 e. The van der Waals surface area contributed by atoms with Crippen LogP contribution in [0.4, 0.5) is 0 Å². The van der Waals surface area contributed by atoms with Gasteiger partial charge in [-0.05, 0) is 32.4 Å². The van der Waals surface area contributed by atoms with Gasteiger partial charge in [0.2, 0.25) is 21.8 Å². The number of hydrogen-bond acceptors (Lipinski definition) is 5. The Bertz CT molecular complexity index is 745. The third-order valence-electron chi connectivity index (χ3n) is 3.35. The lowest BCUT2D eigenvalue weighted by Crippen LogP contribution is -2.50. The van der Waals surface area contributed by atoms with Crippen molar-refractivity contribution in [2.75, 3.05) is 0 Å². The van der Waals surface area contributed by atoms with Crippen molar-refractivity contribution in [2.24, 2.45) is 5.73 Å². The molecule has 1 rings (SSSR count). The van der Waals surface area contributed by atoms with E-state index in [2.05, 4.69) is 10.0 Å². The quantitative estimate of drug-likeness (QED) is 0.458. The number of sulfonamides is 1. The minimum Gasteiger partial charge on any atom is -0.480 e. The van der Waals surface area contributed by atoms with Crippen molar-refractivity contribution in [3.8, 4) is 0 Å². The summed E-state index contributed by atoms with van der Waals surface area (Å²) in [7, 11) is -3.94. The molecule has 0 spiro atoms. The molecule has 0 bridgehead atoms. The molecule has 0 aromatic heterocycles. The maximum absolute atomic E-state index is 12.2. The summed E-state index contributed by atoms with van der Waals surface area (Å²) in [6.45, 7) is 3.09. The Balaban J connectivity index is 2.75. The number of carboxylic acids is 1. The van der Waals surface area contributed by atoms with E-state index in [1.54, 1.807) is 19.1 Å². The van der Waals surface area contributed by atoms with Crippen molar-refractivity contribution in [1.29, 1.82) is 0 Å². The second-order valence-electron chi connectivity index (χ2n) is 5.56. The first kappa shape index (κ1) is 20.6. The number of nitrogens with two attached hydrogens (primary N) is 1. The summed E-state index contributed by atoms with van der Waals surface area (Å²) >= 11 is 0. The van der Waals surface area contributed by atoms with Crippen LogP contribution in [0.15, 0.2) is 29.2 Å². The van der Waals surface area contributed by atoms with E-state index in [4.69, 9.17) is 10.8 Å². The van der Waals surface area contributed by atoms with Gasteiger partial charge in [0.25, 0.3) is 0 Å². The summed E-state index contributed by atoms with van der Waals surface area (Å²) in [5.74, 6) is -2.87. The number of nitrogens with one attached hydrogen (secondary N) is 2. The number of primary amides is 1. The van der Waals surface area contributed by atoms with Crippen molar-refractivity contribution < 1.29 is 27.9 Å². The van der Waals surface area contributed by atoms with Crippen LogP contribution in [0.2, 0.25) is 0 Å². The molecule has 138 valence electrons. The average Bonchev–Trinajstić information content (AvgIpc) is 2.50. The third kappa shape index (κ3) is 6.51. The second-order valence-corrected chi connectivity index (χ2v) is 7.27. The number of aliphatic carboxylic acids is 1. The van der Waals surface area contributed by atoms with Crippen molar-refractivity contribution in [2.45, 2.75) is 43.7 Å². The molecule has 0 aliphatic heterocycles. The topological polar surface area (TPSA) is 156 Å². The highest BCUT2D eigenvalue weighted by Crippen LogP contribution is 2.10. The van der Waals surface area contributed by atoms with Crippen LogP contribution in [0.3, 0.4) is 0 Å². The van der Waals surface area contributed by atoms with Crippen LogP contribution < -0.4 is 15.8 Å². The third-order valence-corrected chi connectivity index (χ3v) is 4.91. The summed E-state index contributed by atoms with van der Waals surface area (Å²) in [6.07, 6.45) is -0.408. The number of amides is 2. The highest BCUT2D eigenvalue weighted by Gasteiger charge is 2.26. The van der Waals surface area contributed by atoms with Crippen LogP contribution in [-0.4, -0.2) is 43.4 Å². The fourth-order valence-electron chi connectivity index (χ4n) is 1.91. The molecule has 0 aliphatic rings. The fourth-order valence-corrected chi connectivity index (χ4v) is 3.12. The van der Waals surface area contributed by atoms with Crippen molar-refractivity contribution in [3.05, 3.63) is 29.8 Å². The molecule has 2 amide bonds. The molecule has 1 aromatic carbocycles. The van der Waals surface area contributed by atoms with Crippen LogP contribution in [0, 0.1) is 6.92 Å². The highest BCUT2D eigenvalue weighted by atomic mass is 32.2. The molecule has 0 radical (unpaired) electrons. The molecule has 9 nitrogen and oxygen atoms in total. The van der Waals surface area contributed by atoms with Crippen LogP contribution in [0.1, 0.15) is 25.3 Å². The SMILES string of the molecule is Cc1ccc(S(=O)(=O)N[C@@H](C)C(=O)N[C@@H](CCC(N)=O)C(=O)O)cc1. The van der Waals surface area contributed by atoms with Gasteiger partial charge in [0.15, 0.2) is 0 Å². The molecule has 0 fully saturated rings. The standard InChI is InChI=1S/C15H21N3O6S/c1-9-3-5-11(6-4-9)25(23,24)18-10(2)14(20)17-12(15(21)22)7-8-13(16)19/h3-6,10,12,18H,7-8H2,1-2H3,(H2,16,19)(H,17,20)(H,21,22)/t10-,12-/m0/s1. The predicted molar refractivity (Wildman–Crippen MR) is 89.0 cm³/mol. The van der Waals surface area contributed by atoms with Crippen molar-refractivity contribution in [3.63, 3.8) is 0 Å². The second kappa shape index (κ2) is 8.58. The molecule has 0 aliphatic carbocycles. The zero-order chi connectivity index (χ0) is 19.2. The largest absolute Gasteiger partial charge is 0.480 e. The van der Waals surface area contributed by atoms with Crippen LogP contribution in [0.25, 0.3) is 0 Å². The Morgan fingerprint density at radius 3 is 2.24 bits per heavy atom. The minimum absolute atomic E-state index is 0.0127. The molecular formula is C15H21N3O6S. The van der Waals surface area contributed by atoms with E-state index in [0.717, 1.165) is 5.56 Å². The molecule has 0 saturated heterocycles. The molecule has 5 N–H and O–H groups in total. The van der Waals surface area contributed by atoms with Gasteiger partial charge in [-0.1, -0.05) is 17.7 Å². The van der Waals surface area contributed by atoms with E-state index in [0.29, 0.717) is 0 Å². The summed E-state index contributed by atoms with van der Waals surface area (Å²) < 4.78 is 26.6. The Kier molecular flexibility index (Phi) is 7.07. The van der Waals surface area contributed by atoms with Gasteiger partial charge in [0, 0.05) is 6.42 Å². The van der Waals surface area contributed by atoms with Crippen LogP contribution >= 0.6 is 0 Å². The number of hydrogen-bond donors (Lipinski definition) is 4. The van der Waals surface area contributed by atoms with E-state index in [-0.39, 0.29) is 17.7 Å². The first-order chi connectivity index (χ1) is 11.5. The summed E-state index contributed by atoms with van der Waals surface area (Å²) in [5.41, 5.74) is 5.83. The maximum Gasteiger partial charge on any atom is 0.326 e. The lowest BCUT2D eigenvalue weighted by Gasteiger charge is -2.18. The number of aryl methyl sites for hydroxylation is 1. The number of rotatable bonds is 9. The van der Waals surface area contributed by atoms with E-state index in [1.807, 2.05) is 0 Å². The Morgan fingerprint density at radius 2 is 1.76 bits per heavy atom. The zero-order valence-electron chi connectivity index (χ0n) is 13.9. The number of benzene rings is 1. The Morgan fingerprint density at radius 1 is 1.20 bits per heavy atom. The van der Waals surface area contributed by atoms with Gasteiger partial charge >= 0.3 is 5.97 Å². The Hall–Kier alpha value is -2.46. The van der Waals surface area contributed by atoms with Crippen molar-refractivity contribution in [1.82, 2.24) is 10.0 Å². The number of carboxylic acid groups (broad SMARTS) is 1. The molecule has 10 heteroatoms. The number of carbonyl (C=O) groups excluding carboxylic acids is 2. The van der Waals surface area contributed by atoms with Crippen molar-refractivity contribution >= 4 is 27.8 Å². The van der Waals surface area contributed by atoms with Gasteiger partial charge in [0.05, 0.1) is 10.9 Å². The molecule has 25 heavy (non-hydrogen) atoms. The first-order valence-electron chi connectivity index (χ1n) is 7.43. The monoisotopic (exact) mass is 371 g/mol. The lowest BCUT2D eigenvalue weighted by atomic mass is 10.1. The molecule has 0 unspecified atom stereocenters. The average molecular weight is 371 g/mol. The van der Waals surface area contributed by atoms with E-state index in [9.17, 15) is 22.8 Å². The molecule has 1 aromatic rings. The fraction of sp³-hybridized carbons (Fsp3) is 0.400. The first-order valence-corrected chi connectivity index (χ1v) is 8.91. The van der Waals surface area contributed by atoms with Gasteiger partial charge in [-0.25, -0.2) is 13.2 Å². The summed E-state index contributed by atoms with van der Waals surface area (Å²) in [6, 6.07) is 3.48. The van der Waals surface area contributed by atoms with Gasteiger partial charge in [-0.15, -0.1) is 0 Å². The van der Waals surface area contributed by atoms with Crippen LogP contribution in [-0.2, 0) is 24.4 Å². The molecule has 0 saturated carbocycles. The van der Waals surface area contributed by atoms with Crippen LogP contribution in [0.5, 0.6) is 0 Å². The van der Waals surface area contributed by atoms with E-state index >= 15 is 0 Å².